The van der Waals surface area contributed by atoms with Gasteiger partial charge in [-0.1, -0.05) is 6.92 Å². The Balaban J connectivity index is 0.00000242. The summed E-state index contributed by atoms with van der Waals surface area (Å²) in [6, 6.07) is 0. The van der Waals surface area contributed by atoms with Crippen molar-refractivity contribution in [3.8, 4) is 0 Å². The molecule has 4 nitrogen and oxygen atoms in total. The number of aliphatic imine (C=N–C) groups is 1. The fraction of sp³-hybridized carbons (Fsp3) is 0.938. The van der Waals surface area contributed by atoms with Crippen LogP contribution in [0.2, 0.25) is 0 Å². The lowest BCUT2D eigenvalue weighted by molar-refractivity contribution is 0.326. The molecule has 2 N–H and O–H groups in total. The molecule has 0 aliphatic carbocycles. The Morgan fingerprint density at radius 1 is 1.27 bits per heavy atom. The maximum absolute atomic E-state index is 4.81. The van der Waals surface area contributed by atoms with Gasteiger partial charge in [0.25, 0.3) is 0 Å². The van der Waals surface area contributed by atoms with Crippen molar-refractivity contribution in [3.63, 3.8) is 0 Å². The Kier molecular flexibility index (Phi) is 10.9. The van der Waals surface area contributed by atoms with Crippen molar-refractivity contribution in [2.45, 2.75) is 44.8 Å². The molecule has 2 aliphatic heterocycles. The lowest BCUT2D eigenvalue weighted by atomic mass is 10.1. The summed E-state index contributed by atoms with van der Waals surface area (Å²) in [6.45, 7) is 11.1. The average Bonchev–Trinajstić information content (AvgIpc) is 3.14. The number of nitrogens with zero attached hydrogens (tertiary/aromatic N) is 2. The second-order valence-corrected chi connectivity index (χ2v) is 7.60. The monoisotopic (exact) mass is 440 g/mol. The van der Waals surface area contributed by atoms with E-state index in [1.54, 1.807) is 0 Å². The van der Waals surface area contributed by atoms with E-state index in [0.29, 0.717) is 0 Å². The van der Waals surface area contributed by atoms with Crippen molar-refractivity contribution >= 4 is 41.7 Å². The summed E-state index contributed by atoms with van der Waals surface area (Å²) < 4.78 is 0. The van der Waals surface area contributed by atoms with Gasteiger partial charge in [-0.3, -0.25) is 4.99 Å². The molecule has 2 aliphatic rings. The second kappa shape index (κ2) is 11.8. The zero-order valence-electron chi connectivity index (χ0n) is 14.1. The van der Waals surface area contributed by atoms with Crippen LogP contribution in [0.15, 0.2) is 4.99 Å². The molecule has 0 bridgehead atoms. The van der Waals surface area contributed by atoms with E-state index in [2.05, 4.69) is 41.1 Å². The summed E-state index contributed by atoms with van der Waals surface area (Å²) >= 11 is 2.10. The van der Waals surface area contributed by atoms with Gasteiger partial charge < -0.3 is 15.5 Å². The molecule has 0 aromatic heterocycles. The summed E-state index contributed by atoms with van der Waals surface area (Å²) in [6.07, 6.45) is 5.30. The molecule has 0 spiro atoms. The van der Waals surface area contributed by atoms with Gasteiger partial charge in [-0.25, -0.2) is 0 Å². The number of halogens is 1. The van der Waals surface area contributed by atoms with Gasteiger partial charge in [0.2, 0.25) is 0 Å². The molecule has 22 heavy (non-hydrogen) atoms. The van der Waals surface area contributed by atoms with Crippen LogP contribution in [-0.2, 0) is 0 Å². The zero-order valence-corrected chi connectivity index (χ0v) is 17.3. The third-order valence-corrected chi connectivity index (χ3v) is 5.68. The molecular formula is C16H33IN4S. The molecule has 0 saturated carbocycles. The van der Waals surface area contributed by atoms with Crippen LogP contribution >= 0.6 is 35.7 Å². The third-order valence-electron chi connectivity index (χ3n) is 4.28. The van der Waals surface area contributed by atoms with Crippen molar-refractivity contribution in [1.29, 1.82) is 0 Å². The Morgan fingerprint density at radius 3 is 2.82 bits per heavy atom. The standard InChI is InChI=1S/C16H32N4S.HI/c1-3-8-20-9-7-14(13-20)11-18-16(17-4-2)19-12-15-6-5-10-21-15;/h14-15H,3-13H2,1-2H3,(H2,17,18,19);1H. The molecule has 2 saturated heterocycles. The molecule has 0 amide bonds. The molecule has 2 rings (SSSR count). The summed E-state index contributed by atoms with van der Waals surface area (Å²) in [7, 11) is 0. The normalized spacial score (nSPS) is 26.0. The zero-order chi connectivity index (χ0) is 14.9. The predicted octanol–water partition coefficient (Wildman–Crippen LogP) is 2.79. The summed E-state index contributed by atoms with van der Waals surface area (Å²) in [5.41, 5.74) is 0. The SMILES string of the molecule is CCCN1CCC(CN=C(NCC)NCC2CCCS2)C1.I. The molecule has 0 radical (unpaired) electrons. The number of nitrogens with one attached hydrogen (secondary N) is 2. The predicted molar refractivity (Wildman–Crippen MR) is 110 cm³/mol. The minimum absolute atomic E-state index is 0. The summed E-state index contributed by atoms with van der Waals surface area (Å²) in [4.78, 5) is 7.39. The first-order chi connectivity index (χ1) is 10.3. The van der Waals surface area contributed by atoms with Gasteiger partial charge in [0.15, 0.2) is 5.96 Å². The highest BCUT2D eigenvalue weighted by molar-refractivity contribution is 14.0. The first-order valence-corrected chi connectivity index (χ1v) is 9.72. The van der Waals surface area contributed by atoms with Crippen molar-refractivity contribution in [1.82, 2.24) is 15.5 Å². The minimum atomic E-state index is 0. The highest BCUT2D eigenvalue weighted by Gasteiger charge is 2.21. The largest absolute Gasteiger partial charge is 0.357 e. The van der Waals surface area contributed by atoms with Gasteiger partial charge >= 0.3 is 0 Å². The van der Waals surface area contributed by atoms with Crippen molar-refractivity contribution in [3.05, 3.63) is 0 Å². The second-order valence-electron chi connectivity index (χ2n) is 6.19. The van der Waals surface area contributed by atoms with E-state index in [9.17, 15) is 0 Å². The molecule has 2 fully saturated rings. The van der Waals surface area contributed by atoms with Crippen LogP contribution < -0.4 is 10.6 Å². The van der Waals surface area contributed by atoms with Crippen LogP contribution in [0.4, 0.5) is 0 Å². The van der Waals surface area contributed by atoms with E-state index in [1.807, 2.05) is 0 Å². The topological polar surface area (TPSA) is 39.7 Å². The molecule has 2 heterocycles. The highest BCUT2D eigenvalue weighted by atomic mass is 127. The number of hydrogen-bond acceptors (Lipinski definition) is 3. The van der Waals surface area contributed by atoms with Gasteiger partial charge in [-0.05, 0) is 57.4 Å². The first-order valence-electron chi connectivity index (χ1n) is 8.68. The van der Waals surface area contributed by atoms with Gasteiger partial charge in [-0.2, -0.15) is 11.8 Å². The number of thioether (sulfide) groups is 1. The maximum atomic E-state index is 4.81. The molecule has 130 valence electrons. The van der Waals surface area contributed by atoms with Gasteiger partial charge in [0, 0.05) is 31.4 Å². The number of hydrogen-bond donors (Lipinski definition) is 2. The van der Waals surface area contributed by atoms with Crippen LogP contribution in [0.5, 0.6) is 0 Å². The van der Waals surface area contributed by atoms with E-state index < -0.39 is 0 Å². The Hall–Kier alpha value is 0.310. The van der Waals surface area contributed by atoms with Gasteiger partial charge in [0.1, 0.15) is 0 Å². The lowest BCUT2D eigenvalue weighted by Crippen LogP contribution is -2.40. The molecule has 2 unspecified atom stereocenters. The van der Waals surface area contributed by atoms with E-state index in [-0.39, 0.29) is 24.0 Å². The number of rotatable bonds is 7. The van der Waals surface area contributed by atoms with Crippen LogP contribution in [0.1, 0.15) is 39.5 Å². The highest BCUT2D eigenvalue weighted by Crippen LogP contribution is 2.25. The lowest BCUT2D eigenvalue weighted by Gasteiger charge is -2.16. The molecule has 6 heteroatoms. The Morgan fingerprint density at radius 2 is 2.14 bits per heavy atom. The number of guanidine groups is 1. The Bertz CT molecular complexity index is 321. The fourth-order valence-corrected chi connectivity index (χ4v) is 4.36. The third kappa shape index (κ3) is 7.25. The molecule has 2 atom stereocenters. The van der Waals surface area contributed by atoms with Crippen molar-refractivity contribution < 1.29 is 0 Å². The summed E-state index contributed by atoms with van der Waals surface area (Å²) in [5, 5.41) is 7.69. The van der Waals surface area contributed by atoms with Gasteiger partial charge in [-0.15, -0.1) is 24.0 Å². The van der Waals surface area contributed by atoms with Crippen LogP contribution in [0, 0.1) is 5.92 Å². The number of likely N-dealkylation sites (tertiary alicyclic amines) is 1. The van der Waals surface area contributed by atoms with E-state index in [0.717, 1.165) is 36.8 Å². The average molecular weight is 440 g/mol. The smallest absolute Gasteiger partial charge is 0.191 e. The Labute approximate surface area is 157 Å². The van der Waals surface area contributed by atoms with E-state index in [4.69, 9.17) is 4.99 Å². The van der Waals surface area contributed by atoms with Crippen LogP contribution in [0.3, 0.4) is 0 Å². The minimum Gasteiger partial charge on any atom is -0.357 e. The first kappa shape index (κ1) is 20.4. The fourth-order valence-electron chi connectivity index (χ4n) is 3.16. The maximum Gasteiger partial charge on any atom is 0.191 e. The van der Waals surface area contributed by atoms with E-state index >= 15 is 0 Å². The molecular weight excluding hydrogens is 407 g/mol. The van der Waals surface area contributed by atoms with Crippen molar-refractivity contribution in [2.24, 2.45) is 10.9 Å². The quantitative estimate of drug-likeness (QED) is 0.363. The van der Waals surface area contributed by atoms with Gasteiger partial charge in [0.05, 0.1) is 0 Å². The molecule has 0 aromatic carbocycles. The summed E-state index contributed by atoms with van der Waals surface area (Å²) in [5.74, 6) is 3.09. The van der Waals surface area contributed by atoms with E-state index in [1.165, 1.54) is 51.1 Å². The van der Waals surface area contributed by atoms with Crippen LogP contribution in [0.25, 0.3) is 0 Å². The molecule has 0 aromatic rings. The van der Waals surface area contributed by atoms with Crippen LogP contribution in [-0.4, -0.2) is 61.1 Å². The van der Waals surface area contributed by atoms with Crippen molar-refractivity contribution in [2.75, 3.05) is 45.0 Å².